The van der Waals surface area contributed by atoms with Crippen LogP contribution in [0.2, 0.25) is 0 Å². The zero-order chi connectivity index (χ0) is 20.1. The van der Waals surface area contributed by atoms with Crippen LogP contribution in [0.5, 0.6) is 5.75 Å². The van der Waals surface area contributed by atoms with E-state index in [0.29, 0.717) is 31.0 Å². The minimum absolute atomic E-state index is 0.0548. The molecule has 0 aliphatic carbocycles. The largest absolute Gasteiger partial charge is 0.497 e. The second-order valence-electron chi connectivity index (χ2n) is 8.76. The first-order valence-electron chi connectivity index (χ1n) is 9.36. The monoisotopic (exact) mass is 373 g/mol. The van der Waals surface area contributed by atoms with Crippen LogP contribution in [0.1, 0.15) is 59.8 Å². The maximum atomic E-state index is 12.2. The molecule has 1 amide bonds. The highest BCUT2D eigenvalue weighted by Gasteiger charge is 2.26. The van der Waals surface area contributed by atoms with Gasteiger partial charge in [0.2, 0.25) is 17.6 Å². The van der Waals surface area contributed by atoms with Crippen molar-refractivity contribution in [2.75, 3.05) is 7.11 Å². The highest BCUT2D eigenvalue weighted by molar-refractivity contribution is 5.76. The number of aromatic nitrogens is 2. The summed E-state index contributed by atoms with van der Waals surface area (Å²) in [6, 6.07) is 7.49. The molecule has 0 aliphatic heterocycles. The Labute approximate surface area is 161 Å². The Hall–Kier alpha value is -2.37. The highest BCUT2D eigenvalue weighted by Crippen LogP contribution is 2.27. The number of rotatable bonds is 8. The van der Waals surface area contributed by atoms with Gasteiger partial charge in [-0.2, -0.15) is 4.98 Å². The predicted molar refractivity (Wildman–Crippen MR) is 106 cm³/mol. The van der Waals surface area contributed by atoms with Gasteiger partial charge in [0, 0.05) is 23.9 Å². The van der Waals surface area contributed by atoms with E-state index in [9.17, 15) is 4.79 Å². The smallest absolute Gasteiger partial charge is 0.226 e. The number of hydrogen-bond acceptors (Lipinski definition) is 5. The van der Waals surface area contributed by atoms with Crippen LogP contribution in [0.3, 0.4) is 0 Å². The van der Waals surface area contributed by atoms with Crippen LogP contribution in [0.4, 0.5) is 0 Å². The molecular formula is C21H31N3O3. The third-order valence-corrected chi connectivity index (χ3v) is 4.06. The minimum atomic E-state index is -0.221. The molecule has 2 aromatic rings. The zero-order valence-electron chi connectivity index (χ0n) is 17.3. The van der Waals surface area contributed by atoms with Crippen LogP contribution in [-0.2, 0) is 11.2 Å². The standard InChI is InChI=1S/C21H31N3O3/c1-20(2,3)14-21(4,5)23-17(25)8-7-9-18-22-19(24-27-18)15-10-12-16(26-6)13-11-15/h10-13H,7-9,14H2,1-6H3,(H,23,25). The predicted octanol–water partition coefficient (Wildman–Crippen LogP) is 4.40. The van der Waals surface area contributed by atoms with E-state index >= 15 is 0 Å². The highest BCUT2D eigenvalue weighted by atomic mass is 16.5. The quantitative estimate of drug-likeness (QED) is 0.742. The summed E-state index contributed by atoms with van der Waals surface area (Å²) in [5.74, 6) is 1.92. The average Bonchev–Trinajstić information content (AvgIpc) is 3.01. The van der Waals surface area contributed by atoms with Gasteiger partial charge < -0.3 is 14.6 Å². The lowest BCUT2D eigenvalue weighted by molar-refractivity contribution is -0.123. The van der Waals surface area contributed by atoms with Gasteiger partial charge in [0.05, 0.1) is 7.11 Å². The molecule has 0 unspecified atom stereocenters. The number of benzene rings is 1. The Morgan fingerprint density at radius 3 is 2.41 bits per heavy atom. The van der Waals surface area contributed by atoms with Crippen LogP contribution < -0.4 is 10.1 Å². The number of carbonyl (C=O) groups is 1. The first-order chi connectivity index (χ1) is 12.6. The number of ether oxygens (including phenoxy) is 1. The second-order valence-corrected chi connectivity index (χ2v) is 8.76. The van der Waals surface area contributed by atoms with Crippen LogP contribution in [0, 0.1) is 5.41 Å². The Kier molecular flexibility index (Phi) is 6.63. The van der Waals surface area contributed by atoms with E-state index < -0.39 is 0 Å². The Bertz CT molecular complexity index is 743. The number of aryl methyl sites for hydroxylation is 1. The lowest BCUT2D eigenvalue weighted by Gasteiger charge is -2.33. The van der Waals surface area contributed by atoms with Crippen molar-refractivity contribution in [1.82, 2.24) is 15.5 Å². The van der Waals surface area contributed by atoms with Crippen molar-refractivity contribution in [3.8, 4) is 17.1 Å². The Morgan fingerprint density at radius 2 is 1.81 bits per heavy atom. The van der Waals surface area contributed by atoms with Crippen molar-refractivity contribution in [3.63, 3.8) is 0 Å². The molecule has 0 fully saturated rings. The van der Waals surface area contributed by atoms with Crippen molar-refractivity contribution in [2.45, 2.75) is 65.8 Å². The molecule has 27 heavy (non-hydrogen) atoms. The first kappa shape index (κ1) is 20.9. The maximum absolute atomic E-state index is 12.2. The van der Waals surface area contributed by atoms with E-state index in [-0.39, 0.29) is 16.9 Å². The average molecular weight is 373 g/mol. The Balaban J connectivity index is 1.82. The van der Waals surface area contributed by atoms with E-state index in [1.165, 1.54) is 0 Å². The molecule has 6 nitrogen and oxygen atoms in total. The molecule has 1 N–H and O–H groups in total. The van der Waals surface area contributed by atoms with Crippen molar-refractivity contribution in [3.05, 3.63) is 30.2 Å². The van der Waals surface area contributed by atoms with Gasteiger partial charge in [-0.15, -0.1) is 0 Å². The number of hydrogen-bond donors (Lipinski definition) is 1. The number of methoxy groups -OCH3 is 1. The van der Waals surface area contributed by atoms with E-state index in [1.54, 1.807) is 7.11 Å². The van der Waals surface area contributed by atoms with Crippen molar-refractivity contribution < 1.29 is 14.1 Å². The molecule has 1 aromatic heterocycles. The molecule has 0 radical (unpaired) electrons. The summed E-state index contributed by atoms with van der Waals surface area (Å²) < 4.78 is 10.4. The zero-order valence-corrected chi connectivity index (χ0v) is 17.3. The summed E-state index contributed by atoms with van der Waals surface area (Å²) in [7, 11) is 1.63. The van der Waals surface area contributed by atoms with Crippen molar-refractivity contribution >= 4 is 5.91 Å². The number of nitrogens with one attached hydrogen (secondary N) is 1. The fraction of sp³-hybridized carbons (Fsp3) is 0.571. The van der Waals surface area contributed by atoms with Gasteiger partial charge >= 0.3 is 0 Å². The number of amides is 1. The van der Waals surface area contributed by atoms with Gasteiger partial charge in [0.25, 0.3) is 0 Å². The molecular weight excluding hydrogens is 342 g/mol. The van der Waals surface area contributed by atoms with Crippen LogP contribution in [-0.4, -0.2) is 28.7 Å². The van der Waals surface area contributed by atoms with Gasteiger partial charge in [-0.3, -0.25) is 4.79 Å². The molecule has 1 heterocycles. The SMILES string of the molecule is COc1ccc(-c2noc(CCCC(=O)NC(C)(C)CC(C)(C)C)n2)cc1. The van der Waals surface area contributed by atoms with Crippen molar-refractivity contribution in [2.24, 2.45) is 5.41 Å². The van der Waals surface area contributed by atoms with Crippen LogP contribution >= 0.6 is 0 Å². The van der Waals surface area contributed by atoms with Crippen LogP contribution in [0.15, 0.2) is 28.8 Å². The third kappa shape index (κ3) is 7.04. The van der Waals surface area contributed by atoms with Crippen LogP contribution in [0.25, 0.3) is 11.4 Å². The molecule has 2 rings (SSSR count). The number of carbonyl (C=O) groups excluding carboxylic acids is 1. The van der Waals surface area contributed by atoms with E-state index in [2.05, 4.69) is 50.1 Å². The molecule has 0 aliphatic rings. The number of nitrogens with zero attached hydrogens (tertiary/aromatic N) is 2. The molecule has 6 heteroatoms. The molecule has 1 aromatic carbocycles. The topological polar surface area (TPSA) is 77.2 Å². The molecule has 148 valence electrons. The van der Waals surface area contributed by atoms with Gasteiger partial charge in [0.15, 0.2) is 0 Å². The lowest BCUT2D eigenvalue weighted by atomic mass is 9.82. The minimum Gasteiger partial charge on any atom is -0.497 e. The summed E-state index contributed by atoms with van der Waals surface area (Å²) in [6.07, 6.45) is 2.60. The fourth-order valence-corrected chi connectivity index (χ4v) is 3.42. The molecule has 0 saturated carbocycles. The summed E-state index contributed by atoms with van der Waals surface area (Å²) in [5.41, 5.74) is 0.812. The summed E-state index contributed by atoms with van der Waals surface area (Å²) in [5, 5.41) is 7.14. The molecule has 0 saturated heterocycles. The van der Waals surface area contributed by atoms with Gasteiger partial charge in [0.1, 0.15) is 5.75 Å². The first-order valence-corrected chi connectivity index (χ1v) is 9.36. The van der Waals surface area contributed by atoms with E-state index in [0.717, 1.165) is 17.7 Å². The normalized spacial score (nSPS) is 12.1. The van der Waals surface area contributed by atoms with Gasteiger partial charge in [-0.25, -0.2) is 0 Å². The summed E-state index contributed by atoms with van der Waals surface area (Å²) in [6.45, 7) is 10.7. The van der Waals surface area contributed by atoms with Gasteiger partial charge in [-0.05, 0) is 56.4 Å². The summed E-state index contributed by atoms with van der Waals surface area (Å²) in [4.78, 5) is 16.6. The van der Waals surface area contributed by atoms with Crippen molar-refractivity contribution in [1.29, 1.82) is 0 Å². The fourth-order valence-electron chi connectivity index (χ4n) is 3.42. The van der Waals surface area contributed by atoms with E-state index in [4.69, 9.17) is 9.26 Å². The molecule has 0 bridgehead atoms. The molecule has 0 atom stereocenters. The molecule has 0 spiro atoms. The summed E-state index contributed by atoms with van der Waals surface area (Å²) >= 11 is 0. The Morgan fingerprint density at radius 1 is 1.15 bits per heavy atom. The maximum Gasteiger partial charge on any atom is 0.226 e. The second kappa shape index (κ2) is 8.55. The van der Waals surface area contributed by atoms with E-state index in [1.807, 2.05) is 24.3 Å². The lowest BCUT2D eigenvalue weighted by Crippen LogP contribution is -2.45. The van der Waals surface area contributed by atoms with Gasteiger partial charge in [-0.1, -0.05) is 25.9 Å². The third-order valence-electron chi connectivity index (χ3n) is 4.06.